The van der Waals surface area contributed by atoms with Crippen molar-refractivity contribution in [3.8, 4) is 0 Å². The summed E-state index contributed by atoms with van der Waals surface area (Å²) in [6, 6.07) is 0. The molecule has 1 atom stereocenters. The van der Waals surface area contributed by atoms with Crippen molar-refractivity contribution in [3.05, 3.63) is 34.2 Å². The van der Waals surface area contributed by atoms with Crippen LogP contribution in [0.3, 0.4) is 0 Å². The van der Waals surface area contributed by atoms with Gasteiger partial charge in [-0.15, -0.1) is 11.3 Å². The van der Waals surface area contributed by atoms with Gasteiger partial charge in [-0.2, -0.15) is 4.99 Å². The molecule has 4 nitrogen and oxygen atoms in total. The van der Waals surface area contributed by atoms with Crippen molar-refractivity contribution < 1.29 is 9.18 Å². The fourth-order valence-corrected chi connectivity index (χ4v) is 2.51. The summed E-state index contributed by atoms with van der Waals surface area (Å²) in [5.41, 5.74) is 0.220. The molecule has 0 aliphatic carbocycles. The maximum atomic E-state index is 13.7. The van der Waals surface area contributed by atoms with Crippen LogP contribution in [0, 0.1) is 12.3 Å². The molecule has 1 aromatic rings. The summed E-state index contributed by atoms with van der Waals surface area (Å²) in [7, 11) is 0. The Balaban J connectivity index is 2.44. The first kappa shape index (κ1) is 15.7. The molecule has 114 valence electrons. The number of dihydropyridines is 1. The number of hydrogen-bond acceptors (Lipinski definition) is 3. The molecule has 1 amide bonds. The minimum absolute atomic E-state index is 0.179. The lowest BCUT2D eigenvalue weighted by Crippen LogP contribution is -2.34. The highest BCUT2D eigenvalue weighted by Gasteiger charge is 2.22. The summed E-state index contributed by atoms with van der Waals surface area (Å²) < 4.78 is 15.5. The number of rotatable bonds is 1. The van der Waals surface area contributed by atoms with Gasteiger partial charge in [0.05, 0.1) is 5.70 Å². The molecule has 0 saturated heterocycles. The van der Waals surface area contributed by atoms with Crippen LogP contribution in [0.5, 0.6) is 0 Å². The summed E-state index contributed by atoms with van der Waals surface area (Å²) in [5.74, 6) is -1.73. The highest BCUT2D eigenvalue weighted by atomic mass is 32.1. The fraction of sp³-hybridized carbons (Fsp3) is 0.467. The largest absolute Gasteiger partial charge is 0.355 e. The zero-order valence-electron chi connectivity index (χ0n) is 12.9. The van der Waals surface area contributed by atoms with Crippen LogP contribution >= 0.6 is 11.3 Å². The minimum Gasteiger partial charge on any atom is -0.355 e. The van der Waals surface area contributed by atoms with Crippen molar-refractivity contribution in [1.82, 2.24) is 9.88 Å². The molecule has 2 heterocycles. The molecule has 6 heteroatoms. The number of amides is 1. The number of aryl methyl sites for hydroxylation is 1. The van der Waals surface area contributed by atoms with Gasteiger partial charge in [0.1, 0.15) is 0 Å². The number of nitrogens with one attached hydrogen (secondary N) is 1. The number of thiazole rings is 1. The quantitative estimate of drug-likeness (QED) is 0.811. The summed E-state index contributed by atoms with van der Waals surface area (Å²) in [4.78, 5) is 17.9. The predicted molar refractivity (Wildman–Crippen MR) is 83.1 cm³/mol. The zero-order chi connectivity index (χ0) is 15.8. The maximum absolute atomic E-state index is 13.7. The Hall–Kier alpha value is -1.69. The van der Waals surface area contributed by atoms with Crippen LogP contribution < -0.4 is 10.1 Å². The van der Waals surface area contributed by atoms with Gasteiger partial charge in [0.25, 0.3) is 5.91 Å². The van der Waals surface area contributed by atoms with Gasteiger partial charge in [-0.25, -0.2) is 4.39 Å². The van der Waals surface area contributed by atoms with E-state index in [1.807, 2.05) is 33.9 Å². The maximum Gasteiger partial charge on any atom is 0.253 e. The predicted octanol–water partition coefficient (Wildman–Crippen LogP) is 2.97. The molecule has 2 rings (SSSR count). The van der Waals surface area contributed by atoms with E-state index < -0.39 is 11.2 Å². The van der Waals surface area contributed by atoms with Crippen LogP contribution in [0.2, 0.25) is 0 Å². The fourth-order valence-electron chi connectivity index (χ4n) is 1.68. The normalized spacial score (nSPS) is 23.0. The summed E-state index contributed by atoms with van der Waals surface area (Å²) >= 11 is 1.43. The molecule has 0 radical (unpaired) electrons. The van der Waals surface area contributed by atoms with Gasteiger partial charge in [0.2, 0.25) is 0 Å². The highest BCUT2D eigenvalue weighted by Crippen LogP contribution is 2.19. The first-order chi connectivity index (χ1) is 9.58. The smallest absolute Gasteiger partial charge is 0.253 e. The number of carbonyl (C=O) groups is 1. The van der Waals surface area contributed by atoms with Crippen LogP contribution in [0.1, 0.15) is 32.6 Å². The van der Waals surface area contributed by atoms with E-state index in [0.717, 1.165) is 10.6 Å². The number of aromatic nitrogens is 1. The number of halogens is 1. The third-order valence-electron chi connectivity index (χ3n) is 2.96. The molecular weight excluding hydrogens is 289 g/mol. The molecule has 21 heavy (non-hydrogen) atoms. The van der Waals surface area contributed by atoms with Crippen LogP contribution in [0.4, 0.5) is 4.39 Å². The van der Waals surface area contributed by atoms with E-state index >= 15 is 0 Å². The molecule has 1 aliphatic heterocycles. The van der Waals surface area contributed by atoms with E-state index in [-0.39, 0.29) is 5.91 Å². The number of nitrogens with zero attached hydrogens (tertiary/aromatic N) is 2. The first-order valence-electron chi connectivity index (χ1n) is 6.73. The Labute approximate surface area is 127 Å². The molecule has 0 saturated carbocycles. The Kier molecular flexibility index (Phi) is 3.93. The second-order valence-corrected chi connectivity index (χ2v) is 7.50. The molecule has 0 bridgehead atoms. The van der Waals surface area contributed by atoms with E-state index in [1.54, 1.807) is 16.8 Å². The van der Waals surface area contributed by atoms with Crippen molar-refractivity contribution in [2.45, 2.75) is 40.4 Å². The topological polar surface area (TPSA) is 46.4 Å². The standard InChI is InChI=1S/C15H20FN3OS/c1-10-9-19(11-6-7-15(5,16)17-8-11)13(21-10)18-12(20)14(2,3)4/h6-9,17H,1-5H3/b18-13-. The van der Waals surface area contributed by atoms with Gasteiger partial charge >= 0.3 is 0 Å². The average molecular weight is 309 g/mol. The molecule has 0 fully saturated rings. The molecule has 0 aromatic carbocycles. The molecule has 1 unspecified atom stereocenters. The monoisotopic (exact) mass is 309 g/mol. The van der Waals surface area contributed by atoms with E-state index in [2.05, 4.69) is 10.3 Å². The molecular formula is C15H20FN3OS. The average Bonchev–Trinajstić information content (AvgIpc) is 2.69. The molecule has 1 N–H and O–H groups in total. The first-order valence-corrected chi connectivity index (χ1v) is 7.55. The lowest BCUT2D eigenvalue weighted by atomic mass is 9.96. The Morgan fingerprint density at radius 1 is 1.48 bits per heavy atom. The van der Waals surface area contributed by atoms with Crippen molar-refractivity contribution in [3.63, 3.8) is 0 Å². The highest BCUT2D eigenvalue weighted by molar-refractivity contribution is 7.09. The zero-order valence-corrected chi connectivity index (χ0v) is 13.7. The summed E-state index contributed by atoms with van der Waals surface area (Å²) in [6.07, 6.45) is 6.60. The van der Waals surface area contributed by atoms with E-state index in [9.17, 15) is 9.18 Å². The SMILES string of the molecule is Cc1cn(C2=CNC(C)(F)C=C2)/c(=N/C(=O)C(C)(C)C)s1. The molecule has 1 aliphatic rings. The van der Waals surface area contributed by atoms with Gasteiger partial charge in [-0.3, -0.25) is 9.36 Å². The van der Waals surface area contributed by atoms with Crippen LogP contribution in [-0.2, 0) is 4.79 Å². The van der Waals surface area contributed by atoms with E-state index in [4.69, 9.17) is 0 Å². The van der Waals surface area contributed by atoms with Crippen molar-refractivity contribution in [2.24, 2.45) is 10.4 Å². The lowest BCUT2D eigenvalue weighted by Gasteiger charge is -2.21. The van der Waals surface area contributed by atoms with Gasteiger partial charge in [-0.1, -0.05) is 20.8 Å². The third-order valence-corrected chi connectivity index (χ3v) is 3.85. The van der Waals surface area contributed by atoms with E-state index in [0.29, 0.717) is 4.80 Å². The minimum atomic E-state index is -1.55. The van der Waals surface area contributed by atoms with E-state index in [1.165, 1.54) is 24.3 Å². The third kappa shape index (κ3) is 3.69. The van der Waals surface area contributed by atoms with Crippen LogP contribution in [0.15, 0.2) is 29.5 Å². The van der Waals surface area contributed by atoms with Crippen LogP contribution in [0.25, 0.3) is 5.70 Å². The number of carbonyl (C=O) groups excluding carboxylic acids is 1. The summed E-state index contributed by atoms with van der Waals surface area (Å²) in [6.45, 7) is 8.88. The molecule has 0 spiro atoms. The number of allylic oxidation sites excluding steroid dienone is 2. The van der Waals surface area contributed by atoms with Crippen molar-refractivity contribution in [2.75, 3.05) is 0 Å². The number of alkyl halides is 1. The van der Waals surface area contributed by atoms with Crippen molar-refractivity contribution >= 4 is 22.9 Å². The summed E-state index contributed by atoms with van der Waals surface area (Å²) in [5, 5.41) is 2.67. The van der Waals surface area contributed by atoms with Gasteiger partial charge < -0.3 is 5.32 Å². The lowest BCUT2D eigenvalue weighted by molar-refractivity contribution is -0.125. The second-order valence-electron chi connectivity index (χ2n) is 6.28. The van der Waals surface area contributed by atoms with Crippen LogP contribution in [-0.4, -0.2) is 16.3 Å². The van der Waals surface area contributed by atoms with Gasteiger partial charge in [-0.05, 0) is 26.0 Å². The second kappa shape index (κ2) is 5.26. The van der Waals surface area contributed by atoms with Gasteiger partial charge in [0.15, 0.2) is 10.6 Å². The molecule has 1 aromatic heterocycles. The Morgan fingerprint density at radius 2 is 2.14 bits per heavy atom. The van der Waals surface area contributed by atoms with Crippen molar-refractivity contribution in [1.29, 1.82) is 0 Å². The van der Waals surface area contributed by atoms with Gasteiger partial charge in [0, 0.05) is 22.7 Å². The Bertz CT molecular complexity index is 687. The number of hydrogen-bond donors (Lipinski definition) is 1. The Morgan fingerprint density at radius 3 is 2.67 bits per heavy atom.